The van der Waals surface area contributed by atoms with Gasteiger partial charge in [0.25, 0.3) is 0 Å². The number of hydrogen-bond acceptors (Lipinski definition) is 5. The first-order chi connectivity index (χ1) is 11.0. The Morgan fingerprint density at radius 2 is 1.96 bits per heavy atom. The van der Waals surface area contributed by atoms with Gasteiger partial charge in [0.15, 0.2) is 12.0 Å². The molecule has 1 fully saturated rings. The smallest absolute Gasteiger partial charge is 0.234 e. The lowest BCUT2D eigenvalue weighted by Gasteiger charge is -2.33. The molecule has 2 rings (SSSR count). The highest BCUT2D eigenvalue weighted by atomic mass is 19.1. The fourth-order valence-electron chi connectivity index (χ4n) is 2.91. The first-order valence-corrected chi connectivity index (χ1v) is 8.51. The Kier molecular flexibility index (Phi) is 6.24. The Balaban J connectivity index is 2.31. The molecule has 0 aliphatic heterocycles. The number of rotatable bonds is 6. The highest BCUT2D eigenvalue weighted by Crippen LogP contribution is 2.26. The van der Waals surface area contributed by atoms with Gasteiger partial charge < -0.3 is 4.90 Å². The second-order valence-corrected chi connectivity index (χ2v) is 5.91. The van der Waals surface area contributed by atoms with E-state index in [1.54, 1.807) is 6.92 Å². The van der Waals surface area contributed by atoms with E-state index >= 15 is 0 Å². The van der Waals surface area contributed by atoms with E-state index in [2.05, 4.69) is 25.2 Å². The van der Waals surface area contributed by atoms with Crippen LogP contribution in [0.4, 0.5) is 16.3 Å². The van der Waals surface area contributed by atoms with Crippen molar-refractivity contribution in [2.24, 2.45) is 0 Å². The maximum absolute atomic E-state index is 13.7. The van der Waals surface area contributed by atoms with Crippen LogP contribution in [0.5, 0.6) is 0 Å². The lowest BCUT2D eigenvalue weighted by Crippen LogP contribution is -2.38. The molecule has 6 nitrogen and oxygen atoms in total. The number of halogens is 1. The van der Waals surface area contributed by atoms with Crippen molar-refractivity contribution in [3.8, 4) is 0 Å². The summed E-state index contributed by atoms with van der Waals surface area (Å²) in [5.41, 5.74) is 0. The zero-order valence-corrected chi connectivity index (χ0v) is 14.2. The number of nitrogens with one attached hydrogen (secondary N) is 1. The van der Waals surface area contributed by atoms with Crippen LogP contribution in [0.15, 0.2) is 0 Å². The molecular weight excluding hydrogens is 297 g/mol. The largest absolute Gasteiger partial charge is 0.338 e. The monoisotopic (exact) mass is 323 g/mol. The number of nitrogens with zero attached hydrogens (tertiary/aromatic N) is 4. The van der Waals surface area contributed by atoms with E-state index in [1.165, 1.54) is 26.2 Å². The van der Waals surface area contributed by atoms with Crippen molar-refractivity contribution in [3.05, 3.63) is 5.82 Å². The van der Waals surface area contributed by atoms with Gasteiger partial charge in [-0.05, 0) is 26.7 Å². The summed E-state index contributed by atoms with van der Waals surface area (Å²) in [6.07, 6.45) is 4.85. The van der Waals surface area contributed by atoms with Gasteiger partial charge in [-0.15, -0.1) is 0 Å². The molecule has 1 aromatic heterocycles. The number of carbonyl (C=O) groups is 1. The maximum atomic E-state index is 13.7. The van der Waals surface area contributed by atoms with Crippen LogP contribution in [-0.2, 0) is 4.79 Å². The van der Waals surface area contributed by atoms with Crippen LogP contribution in [-0.4, -0.2) is 33.4 Å². The van der Waals surface area contributed by atoms with E-state index in [0.29, 0.717) is 18.4 Å². The molecule has 1 aliphatic carbocycles. The van der Waals surface area contributed by atoms with Crippen LogP contribution in [0.25, 0.3) is 0 Å². The molecule has 0 bridgehead atoms. The second kappa shape index (κ2) is 8.17. The van der Waals surface area contributed by atoms with Crippen LogP contribution in [0.2, 0.25) is 0 Å². The van der Waals surface area contributed by atoms with Crippen molar-refractivity contribution in [1.29, 1.82) is 0 Å². The van der Waals surface area contributed by atoms with Gasteiger partial charge >= 0.3 is 0 Å². The molecule has 1 saturated carbocycles. The Morgan fingerprint density at radius 3 is 2.52 bits per heavy atom. The number of alkyl halides is 1. The first-order valence-electron chi connectivity index (χ1n) is 8.51. The molecule has 128 valence electrons. The number of hydrogen-bond donors (Lipinski definition) is 1. The van der Waals surface area contributed by atoms with Gasteiger partial charge in [-0.1, -0.05) is 26.2 Å². The van der Waals surface area contributed by atoms with Gasteiger partial charge in [0.2, 0.25) is 17.8 Å². The summed E-state index contributed by atoms with van der Waals surface area (Å²) in [5, 5.41) is 2.61. The van der Waals surface area contributed by atoms with E-state index < -0.39 is 6.17 Å². The van der Waals surface area contributed by atoms with E-state index in [4.69, 9.17) is 0 Å². The number of aromatic nitrogens is 3. The standard InChI is InChI=1S/C16H26FN5O/c1-4-13(23)18-15-19-14(11(3)17)20-16(21-15)22(5-2)12-9-7-6-8-10-12/h11-12H,4-10H2,1-3H3,(H,18,19,20,21,23). The van der Waals surface area contributed by atoms with E-state index in [9.17, 15) is 9.18 Å². The predicted octanol–water partition coefficient (Wildman–Crippen LogP) is 3.41. The summed E-state index contributed by atoms with van der Waals surface area (Å²) in [6.45, 7) is 5.93. The molecular formula is C16H26FN5O. The molecule has 1 aliphatic rings. The van der Waals surface area contributed by atoms with Crippen molar-refractivity contribution in [2.75, 3.05) is 16.8 Å². The molecule has 0 aromatic carbocycles. The molecule has 0 saturated heterocycles. The molecule has 1 heterocycles. The van der Waals surface area contributed by atoms with Crippen molar-refractivity contribution in [1.82, 2.24) is 15.0 Å². The summed E-state index contributed by atoms with van der Waals surface area (Å²) >= 11 is 0. The number of amides is 1. The zero-order chi connectivity index (χ0) is 16.8. The van der Waals surface area contributed by atoms with Crippen molar-refractivity contribution < 1.29 is 9.18 Å². The molecule has 7 heteroatoms. The number of anilines is 2. The first kappa shape index (κ1) is 17.6. The molecule has 1 unspecified atom stereocenters. The van der Waals surface area contributed by atoms with Gasteiger partial charge in [-0.25, -0.2) is 4.39 Å². The minimum Gasteiger partial charge on any atom is -0.338 e. The highest BCUT2D eigenvalue weighted by molar-refractivity contribution is 5.88. The van der Waals surface area contributed by atoms with Crippen LogP contribution < -0.4 is 10.2 Å². The van der Waals surface area contributed by atoms with Gasteiger partial charge in [-0.2, -0.15) is 15.0 Å². The molecule has 0 spiro atoms. The quantitative estimate of drug-likeness (QED) is 0.868. The van der Waals surface area contributed by atoms with Crippen LogP contribution in [0.1, 0.15) is 71.3 Å². The Labute approximate surface area is 136 Å². The normalized spacial score (nSPS) is 16.9. The average molecular weight is 323 g/mol. The van der Waals surface area contributed by atoms with Gasteiger partial charge in [0.05, 0.1) is 0 Å². The van der Waals surface area contributed by atoms with E-state index in [-0.39, 0.29) is 17.7 Å². The second-order valence-electron chi connectivity index (χ2n) is 5.91. The minimum absolute atomic E-state index is 0.0654. The Morgan fingerprint density at radius 1 is 1.26 bits per heavy atom. The van der Waals surface area contributed by atoms with E-state index in [1.807, 2.05) is 6.92 Å². The molecule has 23 heavy (non-hydrogen) atoms. The van der Waals surface area contributed by atoms with Gasteiger partial charge in [-0.3, -0.25) is 10.1 Å². The maximum Gasteiger partial charge on any atom is 0.234 e. The Hall–Kier alpha value is -1.79. The highest BCUT2D eigenvalue weighted by Gasteiger charge is 2.24. The van der Waals surface area contributed by atoms with Crippen LogP contribution in [0.3, 0.4) is 0 Å². The molecule has 0 radical (unpaired) electrons. The summed E-state index contributed by atoms with van der Waals surface area (Å²) in [5.74, 6) is 0.465. The zero-order valence-electron chi connectivity index (χ0n) is 14.2. The fourth-order valence-corrected chi connectivity index (χ4v) is 2.91. The third-order valence-electron chi connectivity index (χ3n) is 4.18. The SMILES string of the molecule is CCC(=O)Nc1nc(C(C)F)nc(N(CC)C2CCCCC2)n1. The topological polar surface area (TPSA) is 71.0 Å². The fraction of sp³-hybridized carbons (Fsp3) is 0.750. The van der Waals surface area contributed by atoms with Crippen LogP contribution in [0, 0.1) is 0 Å². The third kappa shape index (κ3) is 4.59. The Bertz CT molecular complexity index is 531. The number of carbonyl (C=O) groups excluding carboxylic acids is 1. The third-order valence-corrected chi connectivity index (χ3v) is 4.18. The van der Waals surface area contributed by atoms with Gasteiger partial charge in [0, 0.05) is 19.0 Å². The molecule has 1 N–H and O–H groups in total. The summed E-state index contributed by atoms with van der Waals surface area (Å²) in [6, 6.07) is 0.369. The predicted molar refractivity (Wildman–Crippen MR) is 88.2 cm³/mol. The molecule has 1 amide bonds. The summed E-state index contributed by atoms with van der Waals surface area (Å²) in [7, 11) is 0. The summed E-state index contributed by atoms with van der Waals surface area (Å²) < 4.78 is 13.7. The lowest BCUT2D eigenvalue weighted by molar-refractivity contribution is -0.115. The molecule has 1 aromatic rings. The summed E-state index contributed by atoms with van der Waals surface area (Å²) in [4.78, 5) is 26.4. The van der Waals surface area contributed by atoms with Crippen molar-refractivity contribution in [3.63, 3.8) is 0 Å². The van der Waals surface area contributed by atoms with Crippen LogP contribution >= 0.6 is 0 Å². The molecule has 1 atom stereocenters. The van der Waals surface area contributed by atoms with Crippen molar-refractivity contribution >= 4 is 17.8 Å². The van der Waals surface area contributed by atoms with E-state index in [0.717, 1.165) is 19.4 Å². The lowest BCUT2D eigenvalue weighted by atomic mass is 9.94. The van der Waals surface area contributed by atoms with Crippen molar-refractivity contribution in [2.45, 2.75) is 71.5 Å². The van der Waals surface area contributed by atoms with Gasteiger partial charge in [0.1, 0.15) is 0 Å². The minimum atomic E-state index is -1.31. The average Bonchev–Trinajstić information content (AvgIpc) is 2.56.